The lowest BCUT2D eigenvalue weighted by Gasteiger charge is -2.10. The normalized spacial score (nSPS) is 14.3. The second-order valence-electron chi connectivity index (χ2n) is 5.51. The number of rotatable bonds is 3. The van der Waals surface area contributed by atoms with Crippen molar-refractivity contribution in [1.29, 1.82) is 0 Å². The van der Waals surface area contributed by atoms with Crippen molar-refractivity contribution < 1.29 is 12.8 Å². The van der Waals surface area contributed by atoms with Crippen LogP contribution in [0.2, 0.25) is 5.02 Å². The van der Waals surface area contributed by atoms with Gasteiger partial charge in [-0.2, -0.15) is 0 Å². The SMILES string of the molecule is CC.NS(=O)(=O)c1ccc(C2=C(c3ccc(F)c(Cl)c3)CCC2)cc1. The average molecular weight is 382 g/mol. The van der Waals surface area contributed by atoms with Gasteiger partial charge in [-0.3, -0.25) is 0 Å². The highest BCUT2D eigenvalue weighted by Crippen LogP contribution is 2.40. The van der Waals surface area contributed by atoms with Crippen LogP contribution in [0.25, 0.3) is 11.1 Å². The van der Waals surface area contributed by atoms with E-state index < -0.39 is 15.8 Å². The Balaban J connectivity index is 0.00000109. The molecule has 0 atom stereocenters. The molecule has 0 spiro atoms. The molecule has 0 bridgehead atoms. The van der Waals surface area contributed by atoms with Gasteiger partial charge < -0.3 is 0 Å². The van der Waals surface area contributed by atoms with Crippen LogP contribution in [0, 0.1) is 5.82 Å². The minimum Gasteiger partial charge on any atom is -0.225 e. The molecule has 134 valence electrons. The number of nitrogens with two attached hydrogens (primary N) is 1. The van der Waals surface area contributed by atoms with Gasteiger partial charge in [0.05, 0.1) is 9.92 Å². The first-order valence-electron chi connectivity index (χ1n) is 8.17. The van der Waals surface area contributed by atoms with Crippen LogP contribution in [0.15, 0.2) is 47.4 Å². The van der Waals surface area contributed by atoms with Crippen molar-refractivity contribution in [3.05, 3.63) is 64.4 Å². The zero-order chi connectivity index (χ0) is 18.6. The summed E-state index contributed by atoms with van der Waals surface area (Å²) in [6.07, 6.45) is 2.77. The molecular formula is C19H21ClFNO2S. The van der Waals surface area contributed by atoms with E-state index in [1.54, 1.807) is 24.3 Å². The molecule has 1 aliphatic rings. The van der Waals surface area contributed by atoms with Crippen LogP contribution in [0.4, 0.5) is 4.39 Å². The van der Waals surface area contributed by atoms with E-state index in [-0.39, 0.29) is 9.92 Å². The number of sulfonamides is 1. The van der Waals surface area contributed by atoms with E-state index in [4.69, 9.17) is 16.7 Å². The van der Waals surface area contributed by atoms with E-state index in [2.05, 4.69) is 0 Å². The molecule has 0 aromatic heterocycles. The monoisotopic (exact) mass is 381 g/mol. The molecule has 25 heavy (non-hydrogen) atoms. The standard InChI is InChI=1S/C17H15ClFNO2S.C2H6/c18-16-10-12(6-9-17(16)19)15-3-1-2-14(15)11-4-7-13(8-5-11)23(20,21)22;1-2/h4-10H,1-3H2,(H2,20,21,22);1-2H3. The van der Waals surface area contributed by atoms with Crippen molar-refractivity contribution >= 4 is 32.8 Å². The van der Waals surface area contributed by atoms with E-state index >= 15 is 0 Å². The van der Waals surface area contributed by atoms with Crippen LogP contribution >= 0.6 is 11.6 Å². The summed E-state index contributed by atoms with van der Waals surface area (Å²) in [7, 11) is -3.69. The summed E-state index contributed by atoms with van der Waals surface area (Å²) in [6.45, 7) is 4.00. The van der Waals surface area contributed by atoms with Crippen molar-refractivity contribution in [2.75, 3.05) is 0 Å². The number of allylic oxidation sites excluding steroid dienone is 2. The number of hydrogen-bond acceptors (Lipinski definition) is 2. The molecule has 0 aliphatic heterocycles. The van der Waals surface area contributed by atoms with E-state index in [1.807, 2.05) is 13.8 Å². The summed E-state index contributed by atoms with van der Waals surface area (Å²) < 4.78 is 36.0. The van der Waals surface area contributed by atoms with Gasteiger partial charge in [0.25, 0.3) is 0 Å². The fourth-order valence-electron chi connectivity index (χ4n) is 2.91. The third kappa shape index (κ3) is 4.48. The van der Waals surface area contributed by atoms with Gasteiger partial charge in [0.15, 0.2) is 0 Å². The summed E-state index contributed by atoms with van der Waals surface area (Å²) in [4.78, 5) is 0.0891. The van der Waals surface area contributed by atoms with E-state index in [9.17, 15) is 12.8 Å². The highest BCUT2D eigenvalue weighted by atomic mass is 35.5. The van der Waals surface area contributed by atoms with Crippen LogP contribution in [0.1, 0.15) is 44.2 Å². The van der Waals surface area contributed by atoms with Gasteiger partial charge in [-0.1, -0.05) is 43.6 Å². The Morgan fingerprint density at radius 2 is 1.48 bits per heavy atom. The van der Waals surface area contributed by atoms with Crippen molar-refractivity contribution in [2.24, 2.45) is 5.14 Å². The summed E-state index contributed by atoms with van der Waals surface area (Å²) in [5, 5.41) is 5.22. The fraction of sp³-hybridized carbons (Fsp3) is 0.263. The third-order valence-corrected chi connectivity index (χ3v) is 5.24. The van der Waals surface area contributed by atoms with Crippen LogP contribution in [-0.2, 0) is 10.0 Å². The first-order valence-corrected chi connectivity index (χ1v) is 10.1. The largest absolute Gasteiger partial charge is 0.238 e. The molecule has 0 radical (unpaired) electrons. The highest BCUT2D eigenvalue weighted by molar-refractivity contribution is 7.89. The first-order chi connectivity index (χ1) is 11.9. The minimum atomic E-state index is -3.69. The third-order valence-electron chi connectivity index (χ3n) is 4.02. The molecule has 0 unspecified atom stereocenters. The molecule has 1 aliphatic carbocycles. The molecule has 2 N–H and O–H groups in total. The Morgan fingerprint density at radius 3 is 2.00 bits per heavy atom. The molecule has 2 aromatic rings. The lowest BCUT2D eigenvalue weighted by atomic mass is 9.97. The fourth-order valence-corrected chi connectivity index (χ4v) is 3.61. The van der Waals surface area contributed by atoms with Crippen LogP contribution < -0.4 is 5.14 Å². The smallest absolute Gasteiger partial charge is 0.225 e. The van der Waals surface area contributed by atoms with Crippen molar-refractivity contribution in [1.82, 2.24) is 0 Å². The maximum Gasteiger partial charge on any atom is 0.238 e. The molecule has 3 nitrogen and oxygen atoms in total. The lowest BCUT2D eigenvalue weighted by molar-refractivity contribution is 0.598. The number of benzene rings is 2. The molecule has 0 saturated carbocycles. The quantitative estimate of drug-likeness (QED) is 0.789. The summed E-state index contributed by atoms with van der Waals surface area (Å²) >= 11 is 5.88. The molecule has 0 heterocycles. The Bertz CT molecular complexity index is 890. The predicted molar refractivity (Wildman–Crippen MR) is 101 cm³/mol. The van der Waals surface area contributed by atoms with Crippen LogP contribution in [-0.4, -0.2) is 8.42 Å². The second-order valence-corrected chi connectivity index (χ2v) is 7.48. The average Bonchev–Trinajstić information content (AvgIpc) is 3.08. The van der Waals surface area contributed by atoms with Crippen LogP contribution in [0.5, 0.6) is 0 Å². The van der Waals surface area contributed by atoms with E-state index in [0.717, 1.165) is 41.5 Å². The molecule has 2 aromatic carbocycles. The molecule has 3 rings (SSSR count). The maximum atomic E-state index is 13.3. The van der Waals surface area contributed by atoms with Gasteiger partial charge in [0.2, 0.25) is 10.0 Å². The molecular weight excluding hydrogens is 361 g/mol. The molecule has 0 amide bonds. The summed E-state index contributed by atoms with van der Waals surface area (Å²) in [5.74, 6) is -0.437. The Labute approximate surface area is 153 Å². The molecule has 0 fully saturated rings. The number of halogens is 2. The van der Waals surface area contributed by atoms with Crippen molar-refractivity contribution in [2.45, 2.75) is 38.0 Å². The van der Waals surface area contributed by atoms with Gasteiger partial charge in [0, 0.05) is 0 Å². The van der Waals surface area contributed by atoms with Gasteiger partial charge in [-0.15, -0.1) is 0 Å². The zero-order valence-electron chi connectivity index (χ0n) is 14.2. The Kier molecular flexibility index (Phi) is 6.38. The molecule has 6 heteroatoms. The van der Waals surface area contributed by atoms with Gasteiger partial charge in [-0.25, -0.2) is 17.9 Å². The van der Waals surface area contributed by atoms with Crippen LogP contribution in [0.3, 0.4) is 0 Å². The maximum absolute atomic E-state index is 13.3. The van der Waals surface area contributed by atoms with E-state index in [1.165, 1.54) is 18.2 Å². The molecule has 0 saturated heterocycles. The number of hydrogen-bond donors (Lipinski definition) is 1. The Hall–Kier alpha value is -1.69. The van der Waals surface area contributed by atoms with Gasteiger partial charge >= 0.3 is 0 Å². The summed E-state index contributed by atoms with van der Waals surface area (Å²) in [5.41, 5.74) is 4.11. The first kappa shape index (κ1) is 19.6. The zero-order valence-corrected chi connectivity index (χ0v) is 15.8. The van der Waals surface area contributed by atoms with E-state index in [0.29, 0.717) is 0 Å². The lowest BCUT2D eigenvalue weighted by Crippen LogP contribution is -2.11. The van der Waals surface area contributed by atoms with Gasteiger partial charge in [-0.05, 0) is 65.8 Å². The predicted octanol–water partition coefficient (Wildman–Crippen LogP) is 5.25. The topological polar surface area (TPSA) is 60.2 Å². The highest BCUT2D eigenvalue weighted by Gasteiger charge is 2.19. The van der Waals surface area contributed by atoms with Gasteiger partial charge in [0.1, 0.15) is 5.82 Å². The van der Waals surface area contributed by atoms with Crippen molar-refractivity contribution in [3.8, 4) is 0 Å². The minimum absolute atomic E-state index is 0.0891. The number of primary sulfonamides is 1. The Morgan fingerprint density at radius 1 is 0.960 bits per heavy atom. The van der Waals surface area contributed by atoms with Crippen molar-refractivity contribution in [3.63, 3.8) is 0 Å². The second kappa shape index (κ2) is 8.13. The summed E-state index contributed by atoms with van der Waals surface area (Å²) in [6, 6.07) is 11.2.